The first kappa shape index (κ1) is 23.5. The maximum Gasteiger partial charge on any atom is 0.413 e. The van der Waals surface area contributed by atoms with Crippen LogP contribution in [0, 0.1) is 0 Å². The van der Waals surface area contributed by atoms with E-state index in [-0.39, 0.29) is 24.1 Å². The van der Waals surface area contributed by atoms with E-state index in [0.717, 1.165) is 13.0 Å². The Morgan fingerprint density at radius 2 is 2.06 bits per heavy atom. The normalized spacial score (nSPS) is 23.2. The number of hydrogen-bond acceptors (Lipinski definition) is 8. The van der Waals surface area contributed by atoms with Gasteiger partial charge < -0.3 is 24.4 Å². The fraction of sp³-hybridized carbons (Fsp3) is 0.524. The van der Waals surface area contributed by atoms with Gasteiger partial charge in [-0.25, -0.2) is 4.79 Å². The molecule has 2 amide bonds. The molecule has 2 aromatic heterocycles. The Morgan fingerprint density at radius 3 is 2.75 bits per heavy atom. The predicted molar refractivity (Wildman–Crippen MR) is 124 cm³/mol. The summed E-state index contributed by atoms with van der Waals surface area (Å²) in [4.78, 5) is 31.5. The summed E-state index contributed by atoms with van der Waals surface area (Å²) in [7, 11) is 5.35. The van der Waals surface area contributed by atoms with Crippen LogP contribution in [0.4, 0.5) is 4.79 Å². The van der Waals surface area contributed by atoms with Crippen molar-refractivity contribution in [3.05, 3.63) is 37.9 Å². The number of hydrogen-bond donors (Lipinski definition) is 1. The van der Waals surface area contributed by atoms with Gasteiger partial charge in [0.15, 0.2) is 5.06 Å². The van der Waals surface area contributed by atoms with Gasteiger partial charge in [0.05, 0.1) is 34.0 Å². The lowest BCUT2D eigenvalue weighted by atomic mass is 10.0. The highest BCUT2D eigenvalue weighted by molar-refractivity contribution is 7.17. The number of fused-ring (bicyclic) bond motifs is 1. The average Bonchev–Trinajstić information content (AvgIpc) is 3.48. The van der Waals surface area contributed by atoms with E-state index in [0.29, 0.717) is 34.0 Å². The van der Waals surface area contributed by atoms with E-state index in [1.54, 1.807) is 31.3 Å². The zero-order valence-corrected chi connectivity index (χ0v) is 20.5. The van der Waals surface area contributed by atoms with Crippen molar-refractivity contribution in [3.8, 4) is 5.06 Å². The predicted octanol–water partition coefficient (Wildman–Crippen LogP) is 3.27. The van der Waals surface area contributed by atoms with Gasteiger partial charge in [0.25, 0.3) is 5.91 Å². The summed E-state index contributed by atoms with van der Waals surface area (Å²) in [5.74, 6) is -0.0482. The van der Waals surface area contributed by atoms with E-state index in [1.165, 1.54) is 33.1 Å². The number of likely N-dealkylation sites (N-methyl/N-ethyl adjacent to an activating group) is 1. The molecule has 0 saturated carbocycles. The molecular formula is C21H26ClN3O5S2. The van der Waals surface area contributed by atoms with Crippen LogP contribution in [0.3, 0.4) is 0 Å². The minimum absolute atomic E-state index is 0.0482. The average molecular weight is 500 g/mol. The summed E-state index contributed by atoms with van der Waals surface area (Å²) in [5, 5.41) is 3.23. The van der Waals surface area contributed by atoms with Crippen molar-refractivity contribution in [2.75, 3.05) is 47.5 Å². The Kier molecular flexibility index (Phi) is 7.38. The monoisotopic (exact) mass is 499 g/mol. The van der Waals surface area contributed by atoms with Crippen molar-refractivity contribution < 1.29 is 23.8 Å². The van der Waals surface area contributed by atoms with Crippen molar-refractivity contribution in [3.63, 3.8) is 0 Å². The number of amides is 2. The van der Waals surface area contributed by atoms with Gasteiger partial charge in [0.1, 0.15) is 0 Å². The van der Waals surface area contributed by atoms with Gasteiger partial charge in [0.2, 0.25) is 0 Å². The fourth-order valence-corrected chi connectivity index (χ4v) is 6.34. The lowest BCUT2D eigenvalue weighted by Crippen LogP contribution is -2.44. The molecule has 4 rings (SSSR count). The fourth-order valence-electron chi connectivity index (χ4n) is 4.14. The first-order valence-electron chi connectivity index (χ1n) is 10.3. The Labute approximate surface area is 200 Å². The number of thiophene rings is 2. The highest BCUT2D eigenvalue weighted by Gasteiger charge is 2.38. The van der Waals surface area contributed by atoms with Crippen LogP contribution in [-0.2, 0) is 15.9 Å². The maximum absolute atomic E-state index is 13.3. The smallest absolute Gasteiger partial charge is 0.399 e. The summed E-state index contributed by atoms with van der Waals surface area (Å²) in [6.07, 6.45) is 0.00140. The maximum atomic E-state index is 13.3. The third-order valence-corrected chi connectivity index (χ3v) is 8.22. The van der Waals surface area contributed by atoms with Gasteiger partial charge >= 0.3 is 6.09 Å². The number of methoxy groups -OCH3 is 2. The number of halogens is 1. The molecule has 2 aliphatic rings. The van der Waals surface area contributed by atoms with E-state index >= 15 is 0 Å². The zero-order chi connectivity index (χ0) is 22.8. The van der Waals surface area contributed by atoms with Crippen LogP contribution < -0.4 is 10.1 Å². The molecule has 2 aliphatic heterocycles. The first-order valence-corrected chi connectivity index (χ1v) is 12.3. The van der Waals surface area contributed by atoms with Crippen LogP contribution in [0.1, 0.15) is 26.2 Å². The van der Waals surface area contributed by atoms with Crippen molar-refractivity contribution in [2.24, 2.45) is 0 Å². The Bertz CT molecular complexity index is 981. The van der Waals surface area contributed by atoms with Crippen LogP contribution in [0.5, 0.6) is 5.06 Å². The van der Waals surface area contributed by atoms with Gasteiger partial charge in [-0.2, -0.15) is 0 Å². The molecule has 1 N–H and O–H groups in total. The summed E-state index contributed by atoms with van der Waals surface area (Å²) in [5.41, 5.74) is 1.22. The molecule has 2 aromatic rings. The molecule has 4 heterocycles. The first-order chi connectivity index (χ1) is 15.4. The minimum atomic E-state index is -0.595. The summed E-state index contributed by atoms with van der Waals surface area (Å²) < 4.78 is 16.8. The van der Waals surface area contributed by atoms with Gasteiger partial charge in [-0.1, -0.05) is 22.9 Å². The van der Waals surface area contributed by atoms with Crippen LogP contribution in [0.25, 0.3) is 0 Å². The van der Waals surface area contributed by atoms with Gasteiger partial charge in [-0.3, -0.25) is 9.69 Å². The van der Waals surface area contributed by atoms with Crippen LogP contribution in [0.2, 0.25) is 4.34 Å². The van der Waals surface area contributed by atoms with Gasteiger partial charge in [-0.05, 0) is 37.2 Å². The molecule has 0 aliphatic carbocycles. The number of carbonyl (C=O) groups excluding carboxylic acids is 2. The number of carbonyl (C=O) groups is 2. The van der Waals surface area contributed by atoms with Gasteiger partial charge in [-0.15, -0.1) is 11.3 Å². The molecule has 3 atom stereocenters. The SMILES string of the molecule is COCC1c2sc(C(=O)N3CC(NC(=O)Oc4ccc(Cl)s4)C(OC)C3)cc2CCN1C. The van der Waals surface area contributed by atoms with E-state index in [9.17, 15) is 9.59 Å². The van der Waals surface area contributed by atoms with Crippen LogP contribution in [0.15, 0.2) is 18.2 Å². The molecule has 0 bridgehead atoms. The topological polar surface area (TPSA) is 80.3 Å². The molecule has 0 radical (unpaired) electrons. The molecular weight excluding hydrogens is 474 g/mol. The summed E-state index contributed by atoms with van der Waals surface area (Å²) in [6.45, 7) is 2.28. The lowest BCUT2D eigenvalue weighted by Gasteiger charge is -2.31. The quantitative estimate of drug-likeness (QED) is 0.657. The van der Waals surface area contributed by atoms with Crippen molar-refractivity contribution in [1.82, 2.24) is 15.1 Å². The lowest BCUT2D eigenvalue weighted by molar-refractivity contribution is 0.0711. The van der Waals surface area contributed by atoms with Crippen molar-refractivity contribution >= 4 is 46.3 Å². The number of nitrogens with one attached hydrogen (secondary N) is 1. The number of ether oxygens (including phenoxy) is 3. The van der Waals surface area contributed by atoms with Crippen LogP contribution >= 0.6 is 34.3 Å². The van der Waals surface area contributed by atoms with E-state index in [4.69, 9.17) is 25.8 Å². The largest absolute Gasteiger partial charge is 0.413 e. The highest BCUT2D eigenvalue weighted by atomic mass is 35.5. The second-order valence-electron chi connectivity index (χ2n) is 7.89. The molecule has 3 unspecified atom stereocenters. The molecule has 11 heteroatoms. The van der Waals surface area contributed by atoms with Crippen molar-refractivity contribution in [2.45, 2.75) is 24.6 Å². The molecule has 1 fully saturated rings. The Morgan fingerprint density at radius 1 is 1.25 bits per heavy atom. The number of rotatable bonds is 6. The molecule has 32 heavy (non-hydrogen) atoms. The van der Waals surface area contributed by atoms with E-state index in [1.807, 2.05) is 6.07 Å². The second-order valence-corrected chi connectivity index (χ2v) is 10.6. The molecule has 8 nitrogen and oxygen atoms in total. The van der Waals surface area contributed by atoms with Gasteiger partial charge in [0, 0.05) is 38.7 Å². The standard InChI is InChI=1S/C21H26ClN3O5S2/c1-24-7-6-12-8-16(31-19(12)14(24)11-28-2)20(26)25-9-13(15(10-25)29-3)23-21(27)30-18-5-4-17(22)32-18/h4-5,8,13-15H,6-7,9-11H2,1-3H3,(H,23,27). The van der Waals surface area contributed by atoms with E-state index in [2.05, 4.69) is 17.3 Å². The Hall–Kier alpha value is -1.69. The third kappa shape index (κ3) is 4.95. The van der Waals surface area contributed by atoms with Crippen molar-refractivity contribution in [1.29, 1.82) is 0 Å². The Balaban J connectivity index is 1.42. The summed E-state index contributed by atoms with van der Waals surface area (Å²) in [6, 6.07) is 5.11. The van der Waals surface area contributed by atoms with Crippen LogP contribution in [-0.4, -0.2) is 81.5 Å². The number of likely N-dealkylation sites (tertiary alicyclic amines) is 1. The molecule has 174 valence electrons. The molecule has 0 spiro atoms. The summed E-state index contributed by atoms with van der Waals surface area (Å²) >= 11 is 8.59. The third-order valence-electron chi connectivity index (χ3n) is 5.85. The minimum Gasteiger partial charge on any atom is -0.399 e. The highest BCUT2D eigenvalue weighted by Crippen LogP contribution is 2.36. The zero-order valence-electron chi connectivity index (χ0n) is 18.1. The second kappa shape index (κ2) is 10.1. The molecule has 1 saturated heterocycles. The van der Waals surface area contributed by atoms with E-state index < -0.39 is 6.09 Å². The number of nitrogens with zero attached hydrogens (tertiary/aromatic N) is 2. The molecule has 0 aromatic carbocycles.